The average Bonchev–Trinajstić information content (AvgIpc) is 2.61. The Labute approximate surface area is 112 Å². The van der Waals surface area contributed by atoms with Gasteiger partial charge < -0.3 is 5.32 Å². The van der Waals surface area contributed by atoms with Crippen molar-refractivity contribution in [3.8, 4) is 0 Å². The minimum absolute atomic E-state index is 0.0437. The molecule has 0 radical (unpaired) electrons. The van der Waals surface area contributed by atoms with Crippen LogP contribution in [0.15, 0.2) is 18.5 Å². The lowest BCUT2D eigenvalue weighted by molar-refractivity contribution is 0.558. The largest absolute Gasteiger partial charge is 0.306 e. The quantitative estimate of drug-likeness (QED) is 0.920. The van der Waals surface area contributed by atoms with Gasteiger partial charge in [-0.1, -0.05) is 0 Å². The SMILES string of the molecule is Cc1nn(C)c(C)c1CNC(C)c1cncc(F)c1. The highest BCUT2D eigenvalue weighted by atomic mass is 19.1. The monoisotopic (exact) mass is 262 g/mol. The van der Waals surface area contributed by atoms with Crippen LogP contribution in [-0.2, 0) is 13.6 Å². The van der Waals surface area contributed by atoms with Crippen molar-refractivity contribution >= 4 is 0 Å². The highest BCUT2D eigenvalue weighted by Crippen LogP contribution is 2.16. The summed E-state index contributed by atoms with van der Waals surface area (Å²) in [5.74, 6) is -0.306. The highest BCUT2D eigenvalue weighted by Gasteiger charge is 2.11. The van der Waals surface area contributed by atoms with Crippen LogP contribution in [0.2, 0.25) is 0 Å². The van der Waals surface area contributed by atoms with Crippen LogP contribution in [0.5, 0.6) is 0 Å². The van der Waals surface area contributed by atoms with Crippen molar-refractivity contribution < 1.29 is 4.39 Å². The molecule has 4 nitrogen and oxygen atoms in total. The van der Waals surface area contributed by atoms with Crippen LogP contribution in [0.4, 0.5) is 4.39 Å². The van der Waals surface area contributed by atoms with Gasteiger partial charge in [-0.2, -0.15) is 5.10 Å². The van der Waals surface area contributed by atoms with Gasteiger partial charge in [0.1, 0.15) is 5.82 Å². The molecule has 0 bridgehead atoms. The Hall–Kier alpha value is -1.75. The lowest BCUT2D eigenvalue weighted by Crippen LogP contribution is -2.19. The molecule has 19 heavy (non-hydrogen) atoms. The predicted octanol–water partition coefficient (Wildman–Crippen LogP) is 2.42. The Bertz CT molecular complexity index is 577. The zero-order valence-corrected chi connectivity index (χ0v) is 11.7. The standard InChI is InChI=1S/C14H19FN4/c1-9(12-5-13(15)7-16-6-12)17-8-14-10(2)18-19(4)11(14)3/h5-7,9,17H,8H2,1-4H3. The van der Waals surface area contributed by atoms with Crippen molar-refractivity contribution in [2.75, 3.05) is 0 Å². The van der Waals surface area contributed by atoms with E-state index in [1.807, 2.05) is 32.5 Å². The predicted molar refractivity (Wildman–Crippen MR) is 72.1 cm³/mol. The lowest BCUT2D eigenvalue weighted by Gasteiger charge is -2.14. The summed E-state index contributed by atoms with van der Waals surface area (Å²) in [4.78, 5) is 3.87. The van der Waals surface area contributed by atoms with Crippen molar-refractivity contribution in [3.05, 3.63) is 46.8 Å². The van der Waals surface area contributed by atoms with Crippen molar-refractivity contribution in [2.24, 2.45) is 7.05 Å². The van der Waals surface area contributed by atoms with Crippen molar-refractivity contribution in [2.45, 2.75) is 33.4 Å². The van der Waals surface area contributed by atoms with Gasteiger partial charge in [0.25, 0.3) is 0 Å². The molecule has 0 aliphatic rings. The summed E-state index contributed by atoms with van der Waals surface area (Å²) in [6.45, 7) is 6.75. The van der Waals surface area contributed by atoms with Gasteiger partial charge in [-0.05, 0) is 32.4 Å². The molecular formula is C14H19FN4. The molecule has 0 saturated heterocycles. The van der Waals surface area contributed by atoms with Crippen LogP contribution >= 0.6 is 0 Å². The van der Waals surface area contributed by atoms with E-state index in [1.165, 1.54) is 17.8 Å². The number of halogens is 1. The first-order chi connectivity index (χ1) is 8.99. The number of hydrogen-bond acceptors (Lipinski definition) is 3. The molecule has 5 heteroatoms. The van der Waals surface area contributed by atoms with Crippen LogP contribution in [0.1, 0.15) is 35.5 Å². The maximum atomic E-state index is 13.1. The smallest absolute Gasteiger partial charge is 0.141 e. The van der Waals surface area contributed by atoms with Gasteiger partial charge in [0, 0.05) is 37.1 Å². The van der Waals surface area contributed by atoms with E-state index in [9.17, 15) is 4.39 Å². The Balaban J connectivity index is 2.06. The summed E-state index contributed by atoms with van der Waals surface area (Å²) in [5, 5.41) is 7.76. The molecule has 102 valence electrons. The van der Waals surface area contributed by atoms with Gasteiger partial charge >= 0.3 is 0 Å². The number of nitrogens with one attached hydrogen (secondary N) is 1. The molecule has 2 aromatic rings. The Kier molecular flexibility index (Phi) is 3.95. The zero-order valence-electron chi connectivity index (χ0n) is 11.7. The van der Waals surface area contributed by atoms with Gasteiger partial charge in [0.05, 0.1) is 11.9 Å². The zero-order chi connectivity index (χ0) is 14.0. The molecule has 0 fully saturated rings. The number of aryl methyl sites for hydroxylation is 2. The molecule has 1 unspecified atom stereocenters. The first kappa shape index (κ1) is 13.7. The fourth-order valence-electron chi connectivity index (χ4n) is 2.11. The Morgan fingerprint density at radius 1 is 1.37 bits per heavy atom. The van der Waals surface area contributed by atoms with E-state index in [4.69, 9.17) is 0 Å². The fourth-order valence-corrected chi connectivity index (χ4v) is 2.11. The summed E-state index contributed by atoms with van der Waals surface area (Å²) < 4.78 is 15.0. The van der Waals surface area contributed by atoms with Crippen molar-refractivity contribution in [1.82, 2.24) is 20.1 Å². The minimum atomic E-state index is -0.306. The lowest BCUT2D eigenvalue weighted by atomic mass is 10.1. The molecule has 1 N–H and O–H groups in total. The van der Waals surface area contributed by atoms with Crippen LogP contribution in [-0.4, -0.2) is 14.8 Å². The summed E-state index contributed by atoms with van der Waals surface area (Å²) in [6.07, 6.45) is 2.90. The number of nitrogens with zero attached hydrogens (tertiary/aromatic N) is 3. The van der Waals surface area contributed by atoms with Gasteiger partial charge in [0.15, 0.2) is 0 Å². The van der Waals surface area contributed by atoms with E-state index < -0.39 is 0 Å². The van der Waals surface area contributed by atoms with E-state index in [2.05, 4.69) is 15.4 Å². The van der Waals surface area contributed by atoms with E-state index >= 15 is 0 Å². The number of pyridine rings is 1. The number of aromatic nitrogens is 3. The van der Waals surface area contributed by atoms with Crippen LogP contribution in [0.25, 0.3) is 0 Å². The Morgan fingerprint density at radius 3 is 2.68 bits per heavy atom. The second-order valence-corrected chi connectivity index (χ2v) is 4.81. The molecule has 2 rings (SSSR count). The molecule has 0 saturated carbocycles. The second kappa shape index (κ2) is 5.48. The summed E-state index contributed by atoms with van der Waals surface area (Å²) in [6, 6.07) is 1.55. The third-order valence-electron chi connectivity index (χ3n) is 3.47. The molecule has 2 heterocycles. The summed E-state index contributed by atoms with van der Waals surface area (Å²) in [7, 11) is 1.94. The molecule has 1 atom stereocenters. The van der Waals surface area contributed by atoms with Gasteiger partial charge in [0.2, 0.25) is 0 Å². The summed E-state index contributed by atoms with van der Waals surface area (Å²) in [5.41, 5.74) is 4.21. The van der Waals surface area contributed by atoms with Crippen molar-refractivity contribution in [3.63, 3.8) is 0 Å². The molecular weight excluding hydrogens is 243 g/mol. The van der Waals surface area contributed by atoms with Gasteiger partial charge in [-0.3, -0.25) is 9.67 Å². The number of hydrogen-bond donors (Lipinski definition) is 1. The van der Waals surface area contributed by atoms with Crippen LogP contribution < -0.4 is 5.32 Å². The van der Waals surface area contributed by atoms with Crippen LogP contribution in [0, 0.1) is 19.7 Å². The molecule has 0 spiro atoms. The topological polar surface area (TPSA) is 42.7 Å². The van der Waals surface area contributed by atoms with Crippen LogP contribution in [0.3, 0.4) is 0 Å². The van der Waals surface area contributed by atoms with E-state index in [0.29, 0.717) is 6.54 Å². The van der Waals surface area contributed by atoms with E-state index in [-0.39, 0.29) is 11.9 Å². The fraction of sp³-hybridized carbons (Fsp3) is 0.429. The van der Waals surface area contributed by atoms with Gasteiger partial charge in [-0.25, -0.2) is 4.39 Å². The molecule has 2 aromatic heterocycles. The van der Waals surface area contributed by atoms with Crippen molar-refractivity contribution in [1.29, 1.82) is 0 Å². The highest BCUT2D eigenvalue weighted by molar-refractivity contribution is 5.24. The van der Waals surface area contributed by atoms with E-state index in [1.54, 1.807) is 6.20 Å². The Morgan fingerprint density at radius 2 is 2.11 bits per heavy atom. The van der Waals surface area contributed by atoms with Gasteiger partial charge in [-0.15, -0.1) is 0 Å². The third kappa shape index (κ3) is 2.98. The maximum Gasteiger partial charge on any atom is 0.141 e. The normalized spacial score (nSPS) is 12.7. The average molecular weight is 262 g/mol. The molecule has 0 aliphatic heterocycles. The molecule has 0 aromatic carbocycles. The first-order valence-corrected chi connectivity index (χ1v) is 6.32. The van der Waals surface area contributed by atoms with E-state index in [0.717, 1.165) is 17.0 Å². The summed E-state index contributed by atoms with van der Waals surface area (Å²) >= 11 is 0. The third-order valence-corrected chi connectivity index (χ3v) is 3.47. The maximum absolute atomic E-state index is 13.1. The number of rotatable bonds is 4. The first-order valence-electron chi connectivity index (χ1n) is 6.32. The molecule has 0 amide bonds. The second-order valence-electron chi connectivity index (χ2n) is 4.81. The molecule has 0 aliphatic carbocycles. The minimum Gasteiger partial charge on any atom is -0.306 e.